The molecule has 0 spiro atoms. The van der Waals surface area contributed by atoms with Crippen LogP contribution in [0.2, 0.25) is 0 Å². The van der Waals surface area contributed by atoms with E-state index in [9.17, 15) is 9.90 Å². The molecule has 2 aromatic rings. The van der Waals surface area contributed by atoms with Gasteiger partial charge in [-0.25, -0.2) is 0 Å². The Labute approximate surface area is 133 Å². The summed E-state index contributed by atoms with van der Waals surface area (Å²) in [4.78, 5) is 12.4. The zero-order chi connectivity index (χ0) is 15.5. The first-order valence-corrected chi connectivity index (χ1v) is 8.26. The maximum atomic E-state index is 12.4. The number of thiophene rings is 1. The lowest BCUT2D eigenvalue weighted by Crippen LogP contribution is -2.36. The van der Waals surface area contributed by atoms with Crippen LogP contribution in [0.5, 0.6) is 0 Å². The van der Waals surface area contributed by atoms with E-state index >= 15 is 0 Å². The number of hydrogen-bond acceptors (Lipinski definition) is 5. The van der Waals surface area contributed by atoms with Crippen LogP contribution in [0.4, 0.5) is 0 Å². The van der Waals surface area contributed by atoms with Gasteiger partial charge in [-0.2, -0.15) is 16.4 Å². The minimum absolute atomic E-state index is 0.0202. The van der Waals surface area contributed by atoms with E-state index in [1.807, 2.05) is 36.3 Å². The Morgan fingerprint density at radius 2 is 2.50 bits per heavy atom. The largest absolute Gasteiger partial charge is 0.387 e. The monoisotopic (exact) mass is 320 g/mol. The van der Waals surface area contributed by atoms with Crippen LogP contribution >= 0.6 is 11.3 Å². The lowest BCUT2D eigenvalue weighted by molar-refractivity contribution is -0.125. The van der Waals surface area contributed by atoms with E-state index in [1.165, 1.54) is 11.3 Å². The fourth-order valence-corrected chi connectivity index (χ4v) is 3.55. The summed E-state index contributed by atoms with van der Waals surface area (Å²) in [5.41, 5.74) is 1.92. The van der Waals surface area contributed by atoms with Gasteiger partial charge in [0.1, 0.15) is 0 Å². The zero-order valence-electron chi connectivity index (χ0n) is 12.4. The Kier molecular flexibility index (Phi) is 4.56. The Hall–Kier alpha value is -1.70. The van der Waals surface area contributed by atoms with E-state index in [4.69, 9.17) is 0 Å². The second-order valence-electron chi connectivity index (χ2n) is 5.64. The highest BCUT2D eigenvalue weighted by atomic mass is 32.1. The summed E-state index contributed by atoms with van der Waals surface area (Å²) in [6.45, 7) is 1.67. The van der Waals surface area contributed by atoms with Crippen LogP contribution in [0.3, 0.4) is 0 Å². The molecule has 3 rings (SSSR count). The molecule has 0 saturated carbocycles. The van der Waals surface area contributed by atoms with Crippen LogP contribution in [0.25, 0.3) is 0 Å². The van der Waals surface area contributed by atoms with Crippen molar-refractivity contribution in [1.29, 1.82) is 0 Å². The second-order valence-corrected chi connectivity index (χ2v) is 6.42. The van der Waals surface area contributed by atoms with Crippen molar-refractivity contribution in [2.45, 2.75) is 12.0 Å². The smallest absolute Gasteiger partial charge is 0.225 e. The van der Waals surface area contributed by atoms with Crippen molar-refractivity contribution in [3.63, 3.8) is 0 Å². The molecule has 1 fully saturated rings. The average Bonchev–Trinajstić information content (AvgIpc) is 3.23. The molecule has 1 amide bonds. The zero-order valence-corrected chi connectivity index (χ0v) is 13.2. The van der Waals surface area contributed by atoms with Crippen LogP contribution in [0.15, 0.2) is 29.2 Å². The molecule has 1 aliphatic heterocycles. The van der Waals surface area contributed by atoms with Crippen LogP contribution in [-0.4, -0.2) is 40.4 Å². The number of nitrogens with one attached hydrogen (secondary N) is 2. The van der Waals surface area contributed by atoms with E-state index in [0.717, 1.165) is 17.7 Å². The van der Waals surface area contributed by atoms with Crippen molar-refractivity contribution in [1.82, 2.24) is 20.4 Å². The molecule has 22 heavy (non-hydrogen) atoms. The third kappa shape index (κ3) is 3.21. The highest BCUT2D eigenvalue weighted by molar-refractivity contribution is 7.07. The van der Waals surface area contributed by atoms with Crippen molar-refractivity contribution < 1.29 is 9.90 Å². The number of carbonyl (C=O) groups excluding carboxylic acids is 1. The number of hydrogen-bond donors (Lipinski definition) is 3. The van der Waals surface area contributed by atoms with Gasteiger partial charge in [-0.15, -0.1) is 0 Å². The minimum atomic E-state index is -0.651. The van der Waals surface area contributed by atoms with Gasteiger partial charge in [-0.3, -0.25) is 9.48 Å². The van der Waals surface area contributed by atoms with Gasteiger partial charge in [0.2, 0.25) is 5.91 Å². The van der Waals surface area contributed by atoms with Crippen LogP contribution in [0, 0.1) is 5.92 Å². The first kappa shape index (κ1) is 15.2. The van der Waals surface area contributed by atoms with Gasteiger partial charge in [0, 0.05) is 38.8 Å². The molecule has 118 valence electrons. The number of nitrogens with zero attached hydrogens (tertiary/aromatic N) is 2. The van der Waals surface area contributed by atoms with Gasteiger partial charge < -0.3 is 15.7 Å². The van der Waals surface area contributed by atoms with E-state index in [1.54, 1.807) is 4.68 Å². The second kappa shape index (κ2) is 6.60. The van der Waals surface area contributed by atoms with E-state index in [0.29, 0.717) is 6.54 Å². The fraction of sp³-hybridized carbons (Fsp3) is 0.467. The quantitative estimate of drug-likeness (QED) is 0.755. The summed E-state index contributed by atoms with van der Waals surface area (Å²) in [5, 5.41) is 24.2. The van der Waals surface area contributed by atoms with Crippen molar-refractivity contribution in [2.75, 3.05) is 19.6 Å². The summed E-state index contributed by atoms with van der Waals surface area (Å²) in [6, 6.07) is 1.87. The lowest BCUT2D eigenvalue weighted by atomic mass is 9.90. The number of aliphatic hydroxyl groups excluding tert-OH is 1. The molecule has 3 atom stereocenters. The molecule has 1 aliphatic rings. The number of rotatable bonds is 5. The molecular formula is C15H20N4O2S. The number of amides is 1. The fourth-order valence-electron chi connectivity index (χ4n) is 2.85. The summed E-state index contributed by atoms with van der Waals surface area (Å²) < 4.78 is 1.75. The predicted molar refractivity (Wildman–Crippen MR) is 84.6 cm³/mol. The van der Waals surface area contributed by atoms with Gasteiger partial charge in [0.05, 0.1) is 18.2 Å². The molecule has 0 aliphatic carbocycles. The van der Waals surface area contributed by atoms with Crippen LogP contribution < -0.4 is 10.6 Å². The first-order valence-electron chi connectivity index (χ1n) is 7.32. The molecule has 2 aromatic heterocycles. The molecule has 3 N–H and O–H groups in total. The number of aromatic nitrogens is 2. The van der Waals surface area contributed by atoms with Gasteiger partial charge >= 0.3 is 0 Å². The van der Waals surface area contributed by atoms with Crippen molar-refractivity contribution in [3.8, 4) is 0 Å². The van der Waals surface area contributed by atoms with Gasteiger partial charge in [-0.1, -0.05) is 0 Å². The normalized spacial score (nSPS) is 22.6. The van der Waals surface area contributed by atoms with E-state index < -0.39 is 6.10 Å². The molecule has 1 unspecified atom stereocenters. The molecule has 1 saturated heterocycles. The number of aryl methyl sites for hydroxylation is 1. The molecule has 0 bridgehead atoms. The summed E-state index contributed by atoms with van der Waals surface area (Å²) in [7, 11) is 1.87. The van der Waals surface area contributed by atoms with Gasteiger partial charge in [-0.05, 0) is 28.0 Å². The van der Waals surface area contributed by atoms with E-state index in [2.05, 4.69) is 15.7 Å². The highest BCUT2D eigenvalue weighted by Gasteiger charge is 2.34. The Balaban J connectivity index is 1.59. The highest BCUT2D eigenvalue weighted by Crippen LogP contribution is 2.28. The number of aliphatic hydroxyl groups is 1. The maximum absolute atomic E-state index is 12.4. The third-order valence-corrected chi connectivity index (χ3v) is 4.80. The molecule has 0 aromatic carbocycles. The summed E-state index contributed by atoms with van der Waals surface area (Å²) >= 11 is 1.54. The van der Waals surface area contributed by atoms with Crippen molar-refractivity contribution in [3.05, 3.63) is 40.3 Å². The average molecular weight is 320 g/mol. The molecular weight excluding hydrogens is 300 g/mol. The Bertz CT molecular complexity index is 625. The van der Waals surface area contributed by atoms with Gasteiger partial charge in [0.25, 0.3) is 0 Å². The predicted octanol–water partition coefficient (Wildman–Crippen LogP) is 0.634. The molecule has 0 radical (unpaired) electrons. The summed E-state index contributed by atoms with van der Waals surface area (Å²) in [5.74, 6) is -0.0148. The SMILES string of the molecule is Cn1cc([C@H]2CNC[C@@H]2C(=O)NCC(O)c2ccsc2)cn1. The molecule has 7 heteroatoms. The summed E-state index contributed by atoms with van der Waals surface area (Å²) in [6.07, 6.45) is 3.12. The Morgan fingerprint density at radius 3 is 3.18 bits per heavy atom. The van der Waals surface area contributed by atoms with Crippen molar-refractivity contribution in [2.24, 2.45) is 13.0 Å². The molecule has 6 nitrogen and oxygen atoms in total. The van der Waals surface area contributed by atoms with E-state index in [-0.39, 0.29) is 24.3 Å². The third-order valence-electron chi connectivity index (χ3n) is 4.10. The molecule has 3 heterocycles. The maximum Gasteiger partial charge on any atom is 0.225 e. The lowest BCUT2D eigenvalue weighted by Gasteiger charge is -2.18. The van der Waals surface area contributed by atoms with Crippen LogP contribution in [0.1, 0.15) is 23.1 Å². The first-order chi connectivity index (χ1) is 10.6. The topological polar surface area (TPSA) is 79.2 Å². The number of carbonyl (C=O) groups is 1. The standard InChI is InChI=1S/C15H20N4O2S/c1-19-8-11(4-18-19)12-5-16-6-13(12)15(21)17-7-14(20)10-2-3-22-9-10/h2-4,8-9,12-14,16,20H,5-7H2,1H3,(H,17,21)/t12-,13+,14?/m1/s1. The van der Waals surface area contributed by atoms with Gasteiger partial charge in [0.15, 0.2) is 0 Å². The van der Waals surface area contributed by atoms with Crippen molar-refractivity contribution >= 4 is 17.2 Å². The Morgan fingerprint density at radius 1 is 1.64 bits per heavy atom. The minimum Gasteiger partial charge on any atom is -0.387 e. The van der Waals surface area contributed by atoms with Crippen LogP contribution in [-0.2, 0) is 11.8 Å².